The summed E-state index contributed by atoms with van der Waals surface area (Å²) in [7, 11) is -2.15. The first kappa shape index (κ1) is 38.5. The van der Waals surface area contributed by atoms with Crippen LogP contribution in [0.3, 0.4) is 0 Å². The van der Waals surface area contributed by atoms with E-state index in [0.717, 1.165) is 36.8 Å². The molecule has 45 heavy (non-hydrogen) atoms. The molecule has 4 N–H and O–H groups in total. The zero-order valence-electron chi connectivity index (χ0n) is 28.7. The molecule has 1 saturated heterocycles. The van der Waals surface area contributed by atoms with Crippen LogP contribution in [0.15, 0.2) is 24.3 Å². The van der Waals surface area contributed by atoms with Gasteiger partial charge in [0.05, 0.1) is 18.8 Å². The number of nitrogens with one attached hydrogen (secondary N) is 2. The van der Waals surface area contributed by atoms with Gasteiger partial charge in [-0.15, -0.1) is 6.42 Å². The Bertz CT molecular complexity index is 1170. The summed E-state index contributed by atoms with van der Waals surface area (Å²) >= 11 is 0. The SMILES string of the molecule is C#Cc1ccc(C(CO[Si](C)(C)C(C)(C)C)NC(=O)[C@@H]2C[C@@H](O)CN2C(=O)C(NC(=O)CCCCCCCO)C(C)(C)C)cc1. The number of hydrogen-bond acceptors (Lipinski definition) is 6. The second-order valence-corrected chi connectivity index (χ2v) is 19.7. The smallest absolute Gasteiger partial charge is 0.246 e. The standard InChI is InChI=1S/C35H57N3O6Si/c1-10-25-17-19-26(20-18-25)28(24-44-45(8,9)35(5,6)7)36-32(42)29-22-27(40)23-38(29)33(43)31(34(2,3)4)37-30(41)16-14-12-11-13-15-21-39/h1,17-20,27-29,31,39-40H,11-16,21-24H2,2-9H3,(H,36,42)(H,37,41)/t27-,28?,29+,31?/m1/s1. The Kier molecular flexibility index (Phi) is 14.3. The number of unbranched alkanes of at least 4 members (excludes halogenated alkanes) is 4. The summed E-state index contributed by atoms with van der Waals surface area (Å²) in [5.74, 6) is 1.63. The molecule has 9 nitrogen and oxygen atoms in total. The zero-order chi connectivity index (χ0) is 34.0. The molecule has 252 valence electrons. The average Bonchev–Trinajstić information content (AvgIpc) is 3.36. The minimum Gasteiger partial charge on any atom is -0.414 e. The van der Waals surface area contributed by atoms with Crippen LogP contribution in [0, 0.1) is 17.8 Å². The molecule has 10 heteroatoms. The van der Waals surface area contributed by atoms with Crippen molar-refractivity contribution in [2.75, 3.05) is 19.8 Å². The summed E-state index contributed by atoms with van der Waals surface area (Å²) in [6.07, 6.45) is 9.26. The topological polar surface area (TPSA) is 128 Å². The first-order valence-electron chi connectivity index (χ1n) is 16.3. The molecule has 1 aliphatic heterocycles. The predicted octanol–water partition coefficient (Wildman–Crippen LogP) is 4.67. The van der Waals surface area contributed by atoms with E-state index in [1.54, 1.807) is 0 Å². The van der Waals surface area contributed by atoms with Crippen LogP contribution in [0.2, 0.25) is 18.1 Å². The van der Waals surface area contributed by atoms with Gasteiger partial charge in [0.1, 0.15) is 12.1 Å². The van der Waals surface area contributed by atoms with Gasteiger partial charge in [0, 0.05) is 31.6 Å². The summed E-state index contributed by atoms with van der Waals surface area (Å²) in [5, 5.41) is 25.6. The van der Waals surface area contributed by atoms with Crippen molar-refractivity contribution < 1.29 is 29.0 Å². The van der Waals surface area contributed by atoms with Gasteiger partial charge in [-0.05, 0) is 54.1 Å². The van der Waals surface area contributed by atoms with E-state index < -0.39 is 38.0 Å². The number of aliphatic hydroxyl groups excluding tert-OH is 2. The number of likely N-dealkylation sites (tertiary alicyclic amines) is 1. The van der Waals surface area contributed by atoms with E-state index in [9.17, 15) is 19.5 Å². The van der Waals surface area contributed by atoms with Crippen molar-refractivity contribution in [3.8, 4) is 12.3 Å². The van der Waals surface area contributed by atoms with E-state index in [2.05, 4.69) is 50.4 Å². The van der Waals surface area contributed by atoms with Gasteiger partial charge < -0.3 is 30.2 Å². The third-order valence-electron chi connectivity index (χ3n) is 9.06. The number of hydrogen-bond donors (Lipinski definition) is 4. The molecule has 1 fully saturated rings. The monoisotopic (exact) mass is 643 g/mol. The van der Waals surface area contributed by atoms with Gasteiger partial charge in [-0.3, -0.25) is 14.4 Å². The fourth-order valence-electron chi connectivity index (χ4n) is 5.09. The molecule has 1 aromatic rings. The van der Waals surface area contributed by atoms with Crippen molar-refractivity contribution in [2.45, 2.75) is 129 Å². The summed E-state index contributed by atoms with van der Waals surface area (Å²) in [6.45, 7) is 16.8. The van der Waals surface area contributed by atoms with Gasteiger partial charge in [0.2, 0.25) is 17.7 Å². The Hall–Kier alpha value is -2.71. The van der Waals surface area contributed by atoms with Crippen LogP contribution >= 0.6 is 0 Å². The maximum absolute atomic E-state index is 14.0. The molecule has 0 aromatic heterocycles. The van der Waals surface area contributed by atoms with Gasteiger partial charge in [-0.1, -0.05) is 78.9 Å². The first-order valence-corrected chi connectivity index (χ1v) is 19.2. The van der Waals surface area contributed by atoms with Gasteiger partial charge in [-0.25, -0.2) is 0 Å². The van der Waals surface area contributed by atoms with Crippen molar-refractivity contribution in [2.24, 2.45) is 5.41 Å². The second kappa shape index (κ2) is 16.7. The Morgan fingerprint density at radius 1 is 1.02 bits per heavy atom. The number of nitrogens with zero attached hydrogens (tertiary/aromatic N) is 1. The van der Waals surface area contributed by atoms with Crippen LogP contribution in [0.25, 0.3) is 0 Å². The molecule has 1 heterocycles. The summed E-state index contributed by atoms with van der Waals surface area (Å²) in [4.78, 5) is 42.2. The van der Waals surface area contributed by atoms with E-state index in [4.69, 9.17) is 16.0 Å². The quantitative estimate of drug-likeness (QED) is 0.125. The third kappa shape index (κ3) is 11.5. The maximum atomic E-state index is 14.0. The van der Waals surface area contributed by atoms with E-state index in [-0.39, 0.29) is 48.9 Å². The molecular formula is C35H57N3O6Si. The second-order valence-electron chi connectivity index (χ2n) is 14.9. The number of terminal acetylenes is 1. The lowest BCUT2D eigenvalue weighted by Crippen LogP contribution is -2.58. The van der Waals surface area contributed by atoms with Gasteiger partial charge in [-0.2, -0.15) is 0 Å². The van der Waals surface area contributed by atoms with E-state index >= 15 is 0 Å². The number of carbonyl (C=O) groups is 3. The Morgan fingerprint density at radius 2 is 1.62 bits per heavy atom. The number of benzene rings is 1. The predicted molar refractivity (Wildman–Crippen MR) is 181 cm³/mol. The molecule has 2 rings (SSSR count). The summed E-state index contributed by atoms with van der Waals surface area (Å²) < 4.78 is 6.51. The van der Waals surface area contributed by atoms with Crippen LogP contribution < -0.4 is 10.6 Å². The Labute approximate surface area is 272 Å². The third-order valence-corrected chi connectivity index (χ3v) is 13.6. The largest absolute Gasteiger partial charge is 0.414 e. The lowest BCUT2D eigenvalue weighted by Gasteiger charge is -2.38. The molecule has 0 spiro atoms. The highest BCUT2D eigenvalue weighted by atomic mass is 28.4. The summed E-state index contributed by atoms with van der Waals surface area (Å²) in [5.41, 5.74) is 0.927. The first-order chi connectivity index (χ1) is 20.9. The number of β-amino-alcohol motifs (C(OH)–C–C–N with tert-alkyl or cyclic N) is 1. The number of carbonyl (C=O) groups excluding carboxylic acids is 3. The fourth-order valence-corrected chi connectivity index (χ4v) is 6.11. The van der Waals surface area contributed by atoms with Crippen LogP contribution in [-0.4, -0.2) is 79.1 Å². The minimum atomic E-state index is -2.15. The maximum Gasteiger partial charge on any atom is 0.246 e. The molecular weight excluding hydrogens is 586 g/mol. The van der Waals surface area contributed by atoms with Crippen molar-refractivity contribution in [1.29, 1.82) is 0 Å². The lowest BCUT2D eigenvalue weighted by atomic mass is 9.85. The van der Waals surface area contributed by atoms with Crippen LogP contribution in [0.5, 0.6) is 0 Å². The molecule has 0 bridgehead atoms. The molecule has 3 amide bonds. The highest BCUT2D eigenvalue weighted by Gasteiger charge is 2.45. The van der Waals surface area contributed by atoms with Crippen LogP contribution in [0.4, 0.5) is 0 Å². The van der Waals surface area contributed by atoms with Gasteiger partial charge >= 0.3 is 0 Å². The van der Waals surface area contributed by atoms with Crippen molar-refractivity contribution >= 4 is 26.0 Å². The Morgan fingerprint density at radius 3 is 2.18 bits per heavy atom. The molecule has 0 radical (unpaired) electrons. The summed E-state index contributed by atoms with van der Waals surface area (Å²) in [6, 6.07) is 5.13. The molecule has 0 aliphatic carbocycles. The number of amides is 3. The minimum absolute atomic E-state index is 0.00618. The van der Waals surface area contributed by atoms with E-state index in [1.807, 2.05) is 45.0 Å². The van der Waals surface area contributed by atoms with Crippen molar-refractivity contribution in [1.82, 2.24) is 15.5 Å². The van der Waals surface area contributed by atoms with Crippen LogP contribution in [-0.2, 0) is 18.8 Å². The van der Waals surface area contributed by atoms with Crippen molar-refractivity contribution in [3.05, 3.63) is 35.4 Å². The molecule has 4 atom stereocenters. The zero-order valence-corrected chi connectivity index (χ0v) is 29.7. The number of aliphatic hydroxyl groups is 2. The van der Waals surface area contributed by atoms with E-state index in [0.29, 0.717) is 12.8 Å². The molecule has 2 unspecified atom stereocenters. The van der Waals surface area contributed by atoms with E-state index in [1.165, 1.54) is 4.90 Å². The van der Waals surface area contributed by atoms with Gasteiger partial charge in [0.25, 0.3) is 0 Å². The Balaban J connectivity index is 2.23. The molecule has 1 aliphatic rings. The van der Waals surface area contributed by atoms with Gasteiger partial charge in [0.15, 0.2) is 8.32 Å². The highest BCUT2D eigenvalue weighted by molar-refractivity contribution is 6.74. The lowest BCUT2D eigenvalue weighted by molar-refractivity contribution is -0.144. The highest BCUT2D eigenvalue weighted by Crippen LogP contribution is 2.37. The van der Waals surface area contributed by atoms with Crippen molar-refractivity contribution in [3.63, 3.8) is 0 Å². The normalized spacial score (nSPS) is 18.6. The fraction of sp³-hybridized carbons (Fsp3) is 0.686. The average molecular weight is 644 g/mol. The molecule has 1 aromatic carbocycles. The molecule has 0 saturated carbocycles. The number of rotatable bonds is 15. The van der Waals surface area contributed by atoms with Crippen LogP contribution in [0.1, 0.15) is 104 Å².